The Kier molecular flexibility index (Phi) is 6.05. The van der Waals surface area contributed by atoms with Crippen LogP contribution in [0, 0.1) is 0 Å². The van der Waals surface area contributed by atoms with Crippen LogP contribution >= 0.6 is 0 Å². The van der Waals surface area contributed by atoms with Crippen LogP contribution in [0.25, 0.3) is 0 Å². The van der Waals surface area contributed by atoms with Gasteiger partial charge in [-0.2, -0.15) is 0 Å². The average Bonchev–Trinajstić information content (AvgIpc) is 2.68. The van der Waals surface area contributed by atoms with E-state index in [-0.39, 0.29) is 5.56 Å². The summed E-state index contributed by atoms with van der Waals surface area (Å²) in [5.41, 5.74) is 0.237. The monoisotopic (exact) mass is 291 g/mol. The second kappa shape index (κ2) is 8.03. The zero-order valence-electron chi connectivity index (χ0n) is 12.8. The van der Waals surface area contributed by atoms with Gasteiger partial charge in [0.1, 0.15) is 11.3 Å². The summed E-state index contributed by atoms with van der Waals surface area (Å²) in [7, 11) is 0. The summed E-state index contributed by atoms with van der Waals surface area (Å²) in [6.45, 7) is 5.06. The summed E-state index contributed by atoms with van der Waals surface area (Å²) in [6, 6.07) is 7.47. The summed E-state index contributed by atoms with van der Waals surface area (Å²) in [5, 5.41) is 9.10. The third-order valence-electron chi connectivity index (χ3n) is 4.16. The van der Waals surface area contributed by atoms with E-state index < -0.39 is 5.97 Å². The maximum atomic E-state index is 11.1. The van der Waals surface area contributed by atoms with Crippen LogP contribution in [-0.4, -0.2) is 41.7 Å². The van der Waals surface area contributed by atoms with E-state index in [1.54, 1.807) is 24.3 Å². The highest BCUT2D eigenvalue weighted by molar-refractivity contribution is 5.90. The van der Waals surface area contributed by atoms with Gasteiger partial charge >= 0.3 is 5.97 Å². The quantitative estimate of drug-likeness (QED) is 0.816. The van der Waals surface area contributed by atoms with Crippen LogP contribution in [0.15, 0.2) is 24.3 Å². The Morgan fingerprint density at radius 3 is 2.95 bits per heavy atom. The van der Waals surface area contributed by atoms with Crippen LogP contribution in [0.4, 0.5) is 0 Å². The lowest BCUT2D eigenvalue weighted by atomic mass is 10.1. The Bertz CT molecular complexity index is 461. The van der Waals surface area contributed by atoms with E-state index in [9.17, 15) is 4.79 Å². The summed E-state index contributed by atoms with van der Waals surface area (Å²) in [4.78, 5) is 13.6. The molecule has 116 valence electrons. The molecule has 1 saturated heterocycles. The molecule has 4 nitrogen and oxygen atoms in total. The molecule has 21 heavy (non-hydrogen) atoms. The smallest absolute Gasteiger partial charge is 0.339 e. The lowest BCUT2D eigenvalue weighted by Crippen LogP contribution is -2.34. The van der Waals surface area contributed by atoms with Crippen LogP contribution in [0.5, 0.6) is 5.75 Å². The molecule has 1 unspecified atom stereocenters. The molecular formula is C17H25NO3. The molecule has 1 aromatic rings. The van der Waals surface area contributed by atoms with Crippen LogP contribution in [0.3, 0.4) is 0 Å². The molecule has 1 aliphatic heterocycles. The molecule has 1 N–H and O–H groups in total. The van der Waals surface area contributed by atoms with Crippen molar-refractivity contribution in [3.63, 3.8) is 0 Å². The summed E-state index contributed by atoms with van der Waals surface area (Å²) in [5.74, 6) is -0.472. The van der Waals surface area contributed by atoms with Gasteiger partial charge in [0.2, 0.25) is 0 Å². The maximum absolute atomic E-state index is 11.1. The first-order valence-electron chi connectivity index (χ1n) is 7.87. The largest absolute Gasteiger partial charge is 0.493 e. The van der Waals surface area contributed by atoms with Gasteiger partial charge in [-0.1, -0.05) is 25.0 Å². The topological polar surface area (TPSA) is 49.8 Å². The zero-order valence-corrected chi connectivity index (χ0v) is 12.8. The number of hydrogen-bond acceptors (Lipinski definition) is 3. The van der Waals surface area contributed by atoms with Crippen molar-refractivity contribution in [2.24, 2.45) is 0 Å². The fourth-order valence-corrected chi connectivity index (χ4v) is 2.89. The van der Waals surface area contributed by atoms with Gasteiger partial charge in [0, 0.05) is 12.6 Å². The number of carboxylic acid groups (broad SMARTS) is 1. The SMILES string of the molecule is CC1CCCCCN1CCCOc1ccccc1C(=O)O. The highest BCUT2D eigenvalue weighted by Crippen LogP contribution is 2.19. The molecule has 0 spiro atoms. The van der Waals surface area contributed by atoms with E-state index >= 15 is 0 Å². The maximum Gasteiger partial charge on any atom is 0.339 e. The molecule has 1 aromatic carbocycles. The Balaban J connectivity index is 1.78. The number of carboxylic acids is 1. The molecule has 0 amide bonds. The molecule has 1 aliphatic rings. The number of para-hydroxylation sites is 1. The van der Waals surface area contributed by atoms with E-state index in [1.807, 2.05) is 0 Å². The number of aromatic carboxylic acids is 1. The van der Waals surface area contributed by atoms with E-state index in [0.717, 1.165) is 13.0 Å². The van der Waals surface area contributed by atoms with E-state index in [1.165, 1.54) is 32.2 Å². The molecular weight excluding hydrogens is 266 g/mol. The molecule has 1 fully saturated rings. The van der Waals surface area contributed by atoms with E-state index in [0.29, 0.717) is 18.4 Å². The number of carbonyl (C=O) groups is 1. The third kappa shape index (κ3) is 4.74. The van der Waals surface area contributed by atoms with Crippen LogP contribution < -0.4 is 4.74 Å². The standard InChI is InChI=1S/C17H25NO3/c1-14-8-3-2-6-11-18(14)12-7-13-21-16-10-5-4-9-15(16)17(19)20/h4-5,9-10,14H,2-3,6-8,11-13H2,1H3,(H,19,20). The number of rotatable bonds is 6. The van der Waals surface area contributed by atoms with Crippen LogP contribution in [-0.2, 0) is 0 Å². The van der Waals surface area contributed by atoms with Crippen molar-refractivity contribution in [2.75, 3.05) is 19.7 Å². The first-order chi connectivity index (χ1) is 10.2. The Hall–Kier alpha value is -1.55. The Morgan fingerprint density at radius 1 is 1.33 bits per heavy atom. The van der Waals surface area contributed by atoms with Crippen LogP contribution in [0.2, 0.25) is 0 Å². The summed E-state index contributed by atoms with van der Waals surface area (Å²) in [6.07, 6.45) is 6.16. The second-order valence-corrected chi connectivity index (χ2v) is 5.74. The van der Waals surface area contributed by atoms with Gasteiger partial charge in [-0.15, -0.1) is 0 Å². The number of likely N-dealkylation sites (tertiary alicyclic amines) is 1. The third-order valence-corrected chi connectivity index (χ3v) is 4.16. The minimum atomic E-state index is -0.938. The molecule has 0 radical (unpaired) electrons. The first kappa shape index (κ1) is 15.8. The van der Waals surface area contributed by atoms with Crippen molar-refractivity contribution < 1.29 is 14.6 Å². The molecule has 0 aliphatic carbocycles. The zero-order chi connectivity index (χ0) is 15.1. The van der Waals surface area contributed by atoms with Crippen molar-refractivity contribution in [1.82, 2.24) is 4.90 Å². The highest BCUT2D eigenvalue weighted by Gasteiger charge is 2.16. The van der Waals surface area contributed by atoms with Crippen molar-refractivity contribution in [2.45, 2.75) is 45.1 Å². The molecule has 1 heterocycles. The van der Waals surface area contributed by atoms with Gasteiger partial charge in [-0.05, 0) is 44.9 Å². The fraction of sp³-hybridized carbons (Fsp3) is 0.588. The van der Waals surface area contributed by atoms with Crippen molar-refractivity contribution in [3.05, 3.63) is 29.8 Å². The molecule has 0 bridgehead atoms. The lowest BCUT2D eigenvalue weighted by molar-refractivity contribution is 0.0692. The predicted octanol–water partition coefficient (Wildman–Crippen LogP) is 3.42. The average molecular weight is 291 g/mol. The minimum Gasteiger partial charge on any atom is -0.493 e. The number of hydrogen-bond donors (Lipinski definition) is 1. The summed E-state index contributed by atoms with van der Waals surface area (Å²) < 4.78 is 5.65. The predicted molar refractivity (Wildman–Crippen MR) is 83.0 cm³/mol. The number of nitrogens with zero attached hydrogens (tertiary/aromatic N) is 1. The van der Waals surface area contributed by atoms with E-state index in [4.69, 9.17) is 9.84 Å². The van der Waals surface area contributed by atoms with Gasteiger partial charge in [0.05, 0.1) is 6.61 Å². The van der Waals surface area contributed by atoms with Gasteiger partial charge in [-0.3, -0.25) is 0 Å². The normalized spacial score (nSPS) is 20.0. The van der Waals surface area contributed by atoms with Crippen molar-refractivity contribution in [3.8, 4) is 5.75 Å². The number of benzene rings is 1. The number of ether oxygens (including phenoxy) is 1. The van der Waals surface area contributed by atoms with Crippen molar-refractivity contribution >= 4 is 5.97 Å². The Morgan fingerprint density at radius 2 is 2.14 bits per heavy atom. The molecule has 1 atom stereocenters. The Labute approximate surface area is 126 Å². The first-order valence-corrected chi connectivity index (χ1v) is 7.87. The second-order valence-electron chi connectivity index (χ2n) is 5.74. The van der Waals surface area contributed by atoms with Crippen molar-refractivity contribution in [1.29, 1.82) is 0 Å². The minimum absolute atomic E-state index is 0.237. The van der Waals surface area contributed by atoms with E-state index in [2.05, 4.69) is 11.8 Å². The molecule has 0 aromatic heterocycles. The molecule has 2 rings (SSSR count). The lowest BCUT2D eigenvalue weighted by Gasteiger charge is -2.26. The highest BCUT2D eigenvalue weighted by atomic mass is 16.5. The van der Waals surface area contributed by atoms with Gasteiger partial charge in [-0.25, -0.2) is 4.79 Å². The summed E-state index contributed by atoms with van der Waals surface area (Å²) >= 11 is 0. The molecule has 0 saturated carbocycles. The fourth-order valence-electron chi connectivity index (χ4n) is 2.89. The van der Waals surface area contributed by atoms with Gasteiger partial charge in [0.15, 0.2) is 0 Å². The van der Waals surface area contributed by atoms with Gasteiger partial charge < -0.3 is 14.7 Å². The molecule has 4 heteroatoms. The van der Waals surface area contributed by atoms with Crippen LogP contribution in [0.1, 0.15) is 49.4 Å². The van der Waals surface area contributed by atoms with Gasteiger partial charge in [0.25, 0.3) is 0 Å².